The maximum atomic E-state index is 13.0. The maximum Gasteiger partial charge on any atom is 0.322 e. The number of carbonyl (C=O) groups is 2. The highest BCUT2D eigenvalue weighted by Crippen LogP contribution is 2.43. The molecule has 0 saturated carbocycles. The first-order chi connectivity index (χ1) is 13.5. The number of amides is 3. The second-order valence-electron chi connectivity index (χ2n) is 7.01. The van der Waals surface area contributed by atoms with Gasteiger partial charge >= 0.3 is 6.03 Å². The highest BCUT2D eigenvalue weighted by atomic mass is 79.9. The molecule has 2 aromatic carbocycles. The van der Waals surface area contributed by atoms with E-state index < -0.39 is 6.03 Å². The van der Waals surface area contributed by atoms with Crippen LogP contribution >= 0.6 is 15.9 Å². The predicted molar refractivity (Wildman–Crippen MR) is 105 cm³/mol. The molecule has 6 nitrogen and oxygen atoms in total. The van der Waals surface area contributed by atoms with E-state index in [1.165, 1.54) is 29.2 Å². The van der Waals surface area contributed by atoms with Crippen LogP contribution in [0.3, 0.4) is 0 Å². The Labute approximate surface area is 170 Å². The average molecular weight is 448 g/mol. The van der Waals surface area contributed by atoms with Gasteiger partial charge in [0.15, 0.2) is 0 Å². The third-order valence-corrected chi connectivity index (χ3v) is 5.92. The van der Waals surface area contributed by atoms with Crippen molar-refractivity contribution >= 4 is 33.6 Å². The van der Waals surface area contributed by atoms with Crippen molar-refractivity contribution in [3.05, 3.63) is 64.4 Å². The predicted octanol–water partition coefficient (Wildman–Crippen LogP) is 2.79. The number of carbonyl (C=O) groups excluding carboxylic acids is 2. The summed E-state index contributed by atoms with van der Waals surface area (Å²) < 4.78 is 14.0. The Morgan fingerprint density at radius 1 is 1.18 bits per heavy atom. The van der Waals surface area contributed by atoms with Gasteiger partial charge in [-0.25, -0.2) is 9.18 Å². The number of urea groups is 1. The molecule has 2 heterocycles. The second kappa shape index (κ2) is 7.52. The number of hydrogen-bond donors (Lipinski definition) is 2. The molecule has 0 aliphatic carbocycles. The summed E-state index contributed by atoms with van der Waals surface area (Å²) in [5.41, 5.74) is 1.49. The Hall–Kier alpha value is -2.45. The molecule has 0 unspecified atom stereocenters. The first kappa shape index (κ1) is 18.9. The zero-order chi connectivity index (χ0) is 19.8. The molecule has 0 aromatic heterocycles. The van der Waals surface area contributed by atoms with Crippen LogP contribution < -0.4 is 5.32 Å². The summed E-state index contributed by atoms with van der Waals surface area (Å²) in [6.45, 7) is 0.202. The number of rotatable bonds is 3. The summed E-state index contributed by atoms with van der Waals surface area (Å²) >= 11 is 3.41. The van der Waals surface area contributed by atoms with Crippen LogP contribution in [0.15, 0.2) is 53.0 Å². The molecule has 2 N–H and O–H groups in total. The van der Waals surface area contributed by atoms with Crippen LogP contribution in [0, 0.1) is 5.82 Å². The molecule has 2 aliphatic heterocycles. The Bertz CT molecular complexity index is 891. The zero-order valence-electron chi connectivity index (χ0n) is 14.9. The molecule has 0 bridgehead atoms. The van der Waals surface area contributed by atoms with Crippen LogP contribution in [0.4, 0.5) is 14.9 Å². The SMILES string of the molecule is O=C(Nc1ccc(F)cc1)N1CC(=O)N2[C@H](CO)[C@@H](c3ccc(Br)cc3)[C@@H]2C1. The van der Waals surface area contributed by atoms with Gasteiger partial charge in [-0.1, -0.05) is 28.1 Å². The van der Waals surface area contributed by atoms with Crippen LogP contribution in [-0.2, 0) is 4.79 Å². The molecular weight excluding hydrogens is 429 g/mol. The molecular formula is C20H19BrFN3O3. The first-order valence-electron chi connectivity index (χ1n) is 8.97. The van der Waals surface area contributed by atoms with E-state index in [4.69, 9.17) is 0 Å². The number of nitrogens with zero attached hydrogens (tertiary/aromatic N) is 2. The number of hydrogen-bond acceptors (Lipinski definition) is 3. The number of benzene rings is 2. The topological polar surface area (TPSA) is 72.9 Å². The zero-order valence-corrected chi connectivity index (χ0v) is 16.5. The van der Waals surface area contributed by atoms with Gasteiger partial charge in [0, 0.05) is 22.6 Å². The summed E-state index contributed by atoms with van der Waals surface area (Å²) in [6, 6.07) is 12.4. The largest absolute Gasteiger partial charge is 0.394 e. The number of anilines is 1. The molecule has 2 saturated heterocycles. The van der Waals surface area contributed by atoms with Crippen LogP contribution in [0.25, 0.3) is 0 Å². The number of piperazine rings is 1. The number of fused-ring (bicyclic) bond motifs is 1. The first-order valence-corrected chi connectivity index (χ1v) is 9.76. The van der Waals surface area contributed by atoms with Crippen LogP contribution in [0.2, 0.25) is 0 Å². The standard InChI is InChI=1S/C20H19BrFN3O3/c21-13-3-1-12(2-4-13)19-16-9-24(10-18(27)25(16)17(19)11-26)20(28)23-15-7-5-14(22)6-8-15/h1-8,16-17,19,26H,9-11H2,(H,23,28)/t16-,17+,19-/m0/s1. The number of halogens is 2. The molecule has 8 heteroatoms. The minimum Gasteiger partial charge on any atom is -0.394 e. The second-order valence-corrected chi connectivity index (χ2v) is 7.93. The van der Waals surface area contributed by atoms with E-state index >= 15 is 0 Å². The van der Waals surface area contributed by atoms with Crippen molar-refractivity contribution in [2.75, 3.05) is 25.0 Å². The fraction of sp³-hybridized carbons (Fsp3) is 0.300. The van der Waals surface area contributed by atoms with Gasteiger partial charge in [-0.05, 0) is 42.0 Å². The van der Waals surface area contributed by atoms with E-state index in [9.17, 15) is 19.1 Å². The Kier molecular flexibility index (Phi) is 5.07. The Morgan fingerprint density at radius 3 is 2.50 bits per heavy atom. The molecule has 2 aliphatic rings. The maximum absolute atomic E-state index is 13.0. The number of aliphatic hydroxyl groups is 1. The van der Waals surface area contributed by atoms with E-state index in [0.717, 1.165) is 10.0 Å². The summed E-state index contributed by atoms with van der Waals surface area (Å²) in [5.74, 6) is -0.606. The van der Waals surface area contributed by atoms with Gasteiger partial charge in [-0.3, -0.25) is 4.79 Å². The van der Waals surface area contributed by atoms with Gasteiger partial charge in [0.25, 0.3) is 0 Å². The van der Waals surface area contributed by atoms with Gasteiger partial charge in [-0.15, -0.1) is 0 Å². The lowest BCUT2D eigenvalue weighted by atomic mass is 9.74. The minimum atomic E-state index is -0.401. The van der Waals surface area contributed by atoms with Crippen LogP contribution in [0.1, 0.15) is 11.5 Å². The molecule has 0 radical (unpaired) electrons. The quantitative estimate of drug-likeness (QED) is 0.759. The Morgan fingerprint density at radius 2 is 1.86 bits per heavy atom. The summed E-state index contributed by atoms with van der Waals surface area (Å²) in [7, 11) is 0. The monoisotopic (exact) mass is 447 g/mol. The van der Waals surface area contributed by atoms with E-state index in [2.05, 4.69) is 21.2 Å². The average Bonchev–Trinajstić information content (AvgIpc) is 2.66. The third kappa shape index (κ3) is 3.38. The summed E-state index contributed by atoms with van der Waals surface area (Å²) in [5, 5.41) is 12.5. The van der Waals surface area contributed by atoms with Crippen molar-refractivity contribution in [1.29, 1.82) is 0 Å². The Balaban J connectivity index is 1.51. The summed E-state index contributed by atoms with van der Waals surface area (Å²) in [4.78, 5) is 28.4. The van der Waals surface area contributed by atoms with Gasteiger partial charge in [0.2, 0.25) is 5.91 Å². The minimum absolute atomic E-state index is 0.0385. The van der Waals surface area contributed by atoms with Crippen molar-refractivity contribution in [3.63, 3.8) is 0 Å². The van der Waals surface area contributed by atoms with Crippen molar-refractivity contribution < 1.29 is 19.1 Å². The van der Waals surface area contributed by atoms with E-state index in [1.807, 2.05) is 24.3 Å². The molecule has 146 valence electrons. The van der Waals surface area contributed by atoms with Gasteiger partial charge in [-0.2, -0.15) is 0 Å². The molecule has 28 heavy (non-hydrogen) atoms. The van der Waals surface area contributed by atoms with Crippen molar-refractivity contribution in [2.45, 2.75) is 18.0 Å². The molecule has 2 fully saturated rings. The lowest BCUT2D eigenvalue weighted by Crippen LogP contribution is -2.73. The lowest BCUT2D eigenvalue weighted by molar-refractivity contribution is -0.159. The van der Waals surface area contributed by atoms with Gasteiger partial charge in [0.05, 0.1) is 18.7 Å². The fourth-order valence-corrected chi connectivity index (χ4v) is 4.34. The smallest absolute Gasteiger partial charge is 0.322 e. The molecule has 0 spiro atoms. The van der Waals surface area contributed by atoms with Crippen molar-refractivity contribution in [3.8, 4) is 0 Å². The van der Waals surface area contributed by atoms with E-state index in [-0.39, 0.29) is 42.9 Å². The number of aliphatic hydroxyl groups excluding tert-OH is 1. The highest BCUT2D eigenvalue weighted by molar-refractivity contribution is 9.10. The van der Waals surface area contributed by atoms with Crippen molar-refractivity contribution in [1.82, 2.24) is 9.80 Å². The van der Waals surface area contributed by atoms with E-state index in [1.54, 1.807) is 4.90 Å². The highest BCUT2D eigenvalue weighted by Gasteiger charge is 2.54. The number of nitrogens with one attached hydrogen (secondary N) is 1. The fourth-order valence-electron chi connectivity index (χ4n) is 4.07. The van der Waals surface area contributed by atoms with E-state index in [0.29, 0.717) is 12.2 Å². The van der Waals surface area contributed by atoms with Gasteiger partial charge in [0.1, 0.15) is 12.4 Å². The normalized spacial score (nSPS) is 23.8. The molecule has 2 aromatic rings. The third-order valence-electron chi connectivity index (χ3n) is 5.39. The molecule has 3 atom stereocenters. The van der Waals surface area contributed by atoms with Crippen LogP contribution in [-0.4, -0.2) is 58.6 Å². The van der Waals surface area contributed by atoms with Gasteiger partial charge < -0.3 is 20.2 Å². The lowest BCUT2D eigenvalue weighted by Gasteiger charge is -2.58. The van der Waals surface area contributed by atoms with Crippen LogP contribution in [0.5, 0.6) is 0 Å². The molecule has 3 amide bonds. The summed E-state index contributed by atoms with van der Waals surface area (Å²) in [6.07, 6.45) is 0. The van der Waals surface area contributed by atoms with Crippen molar-refractivity contribution in [2.24, 2.45) is 0 Å². The molecule has 4 rings (SSSR count).